The highest BCUT2D eigenvalue weighted by Gasteiger charge is 2.60. The first-order valence-corrected chi connectivity index (χ1v) is 7.16. The number of nitrogens with one attached hydrogen (secondary N) is 2. The van der Waals surface area contributed by atoms with Crippen molar-refractivity contribution in [1.29, 1.82) is 0 Å². The zero-order valence-corrected chi connectivity index (χ0v) is 12.3. The van der Waals surface area contributed by atoms with Crippen LogP contribution in [0.1, 0.15) is 61.5 Å². The molecule has 0 saturated heterocycles. The van der Waals surface area contributed by atoms with Gasteiger partial charge in [0.25, 0.3) is 11.8 Å². The van der Waals surface area contributed by atoms with Crippen LogP contribution in [0.2, 0.25) is 0 Å². The lowest BCUT2D eigenvalue weighted by molar-refractivity contribution is -0.0282. The zero-order chi connectivity index (χ0) is 15.4. The van der Waals surface area contributed by atoms with Crippen molar-refractivity contribution in [2.45, 2.75) is 63.7 Å². The molecular formula is C14H19F2N3O2. The lowest BCUT2D eigenvalue weighted by Crippen LogP contribution is -2.48. The van der Waals surface area contributed by atoms with E-state index in [-0.39, 0.29) is 17.9 Å². The highest BCUT2D eigenvalue weighted by molar-refractivity contribution is 5.95. The number of hydrogen-bond donors (Lipinski definition) is 2. The van der Waals surface area contributed by atoms with E-state index in [2.05, 4.69) is 15.5 Å². The molecule has 1 aliphatic heterocycles. The normalized spacial score (nSPS) is 27.1. The number of carbonyl (C=O) groups is 1. The highest BCUT2D eigenvalue weighted by atomic mass is 19.3. The van der Waals surface area contributed by atoms with E-state index in [9.17, 15) is 13.6 Å². The van der Waals surface area contributed by atoms with E-state index in [1.165, 1.54) is 0 Å². The number of halogens is 2. The number of rotatable bonds is 3. The number of carbonyl (C=O) groups excluding carboxylic acids is 1. The summed E-state index contributed by atoms with van der Waals surface area (Å²) >= 11 is 0. The Morgan fingerprint density at radius 3 is 2.71 bits per heavy atom. The Morgan fingerprint density at radius 2 is 2.14 bits per heavy atom. The number of H-pyrrole nitrogens is 1. The maximum atomic E-state index is 13.6. The van der Waals surface area contributed by atoms with Crippen molar-refractivity contribution in [3.8, 4) is 0 Å². The highest BCUT2D eigenvalue weighted by Crippen LogP contribution is 2.48. The van der Waals surface area contributed by atoms with E-state index in [1.54, 1.807) is 0 Å². The SMILES string of the molecule is C[C@@H]1Cc2c(C(=O)NC3(C(C)(F)F)CC3)n[nH]c2[C@H](C)O1. The smallest absolute Gasteiger partial charge is 0.272 e. The van der Waals surface area contributed by atoms with Gasteiger partial charge in [0.2, 0.25) is 0 Å². The Bertz CT molecular complexity index is 575. The van der Waals surface area contributed by atoms with Gasteiger partial charge in [-0.05, 0) is 26.7 Å². The quantitative estimate of drug-likeness (QED) is 0.900. The number of aromatic amines is 1. The van der Waals surface area contributed by atoms with E-state index in [1.807, 2.05) is 13.8 Å². The molecule has 7 heteroatoms. The molecule has 2 aliphatic rings. The predicted octanol–water partition coefficient (Wildman–Crippen LogP) is 2.35. The maximum Gasteiger partial charge on any atom is 0.272 e. The molecule has 5 nitrogen and oxygen atoms in total. The largest absolute Gasteiger partial charge is 0.369 e. The number of fused-ring (bicyclic) bond motifs is 1. The summed E-state index contributed by atoms with van der Waals surface area (Å²) in [5.41, 5.74) is 0.334. The second-order valence-electron chi connectivity index (χ2n) is 6.18. The standard InChI is InChI=1S/C14H19F2N3O2/c1-7-6-9-10(8(2)21-7)18-19-11(9)12(20)17-14(4-5-14)13(3,15)16/h7-8H,4-6H2,1-3H3,(H,17,20)(H,18,19)/t7-,8+/m1/s1. The molecule has 3 rings (SSSR count). The van der Waals surface area contributed by atoms with Crippen molar-refractivity contribution in [3.05, 3.63) is 17.0 Å². The van der Waals surface area contributed by atoms with Gasteiger partial charge in [0.15, 0.2) is 5.69 Å². The van der Waals surface area contributed by atoms with Gasteiger partial charge in [0.1, 0.15) is 5.54 Å². The molecule has 0 unspecified atom stereocenters. The molecule has 1 aromatic rings. The molecule has 2 N–H and O–H groups in total. The fraction of sp³-hybridized carbons (Fsp3) is 0.714. The lowest BCUT2D eigenvalue weighted by Gasteiger charge is -2.26. The molecule has 21 heavy (non-hydrogen) atoms. The third-order valence-electron chi connectivity index (χ3n) is 4.39. The molecule has 1 aromatic heterocycles. The second-order valence-corrected chi connectivity index (χ2v) is 6.18. The van der Waals surface area contributed by atoms with Crippen LogP contribution in [0.4, 0.5) is 8.78 Å². The fourth-order valence-electron chi connectivity index (χ4n) is 2.94. The predicted molar refractivity (Wildman–Crippen MR) is 71.3 cm³/mol. The van der Waals surface area contributed by atoms with Crippen molar-refractivity contribution in [1.82, 2.24) is 15.5 Å². The van der Waals surface area contributed by atoms with Gasteiger partial charge in [-0.3, -0.25) is 9.89 Å². The summed E-state index contributed by atoms with van der Waals surface area (Å²) in [6.45, 7) is 4.63. The number of alkyl halides is 2. The Labute approximate surface area is 121 Å². The third kappa shape index (κ3) is 2.33. The van der Waals surface area contributed by atoms with Crippen molar-refractivity contribution < 1.29 is 18.3 Å². The Hall–Kier alpha value is -1.50. The van der Waals surface area contributed by atoms with Gasteiger partial charge in [-0.2, -0.15) is 5.10 Å². The molecule has 1 saturated carbocycles. The van der Waals surface area contributed by atoms with Gasteiger partial charge in [-0.25, -0.2) is 8.78 Å². The van der Waals surface area contributed by atoms with Crippen molar-refractivity contribution in [3.63, 3.8) is 0 Å². The van der Waals surface area contributed by atoms with Crippen LogP contribution >= 0.6 is 0 Å². The van der Waals surface area contributed by atoms with Crippen LogP contribution in [-0.4, -0.2) is 33.7 Å². The van der Waals surface area contributed by atoms with Crippen LogP contribution in [0.25, 0.3) is 0 Å². The zero-order valence-electron chi connectivity index (χ0n) is 12.3. The summed E-state index contributed by atoms with van der Waals surface area (Å²) in [5.74, 6) is -3.46. The maximum absolute atomic E-state index is 13.6. The van der Waals surface area contributed by atoms with Crippen molar-refractivity contribution in [2.24, 2.45) is 0 Å². The molecule has 0 radical (unpaired) electrons. The van der Waals surface area contributed by atoms with Gasteiger partial charge in [0, 0.05) is 18.9 Å². The van der Waals surface area contributed by atoms with Gasteiger partial charge < -0.3 is 10.1 Å². The average Bonchev–Trinajstić information content (AvgIpc) is 3.00. The summed E-state index contributed by atoms with van der Waals surface area (Å²) in [4.78, 5) is 12.3. The van der Waals surface area contributed by atoms with E-state index in [0.717, 1.165) is 18.2 Å². The molecule has 2 heterocycles. The minimum Gasteiger partial charge on any atom is -0.369 e. The van der Waals surface area contributed by atoms with Crippen LogP contribution < -0.4 is 5.32 Å². The van der Waals surface area contributed by atoms with Crippen LogP contribution in [0.15, 0.2) is 0 Å². The van der Waals surface area contributed by atoms with Gasteiger partial charge in [-0.1, -0.05) is 0 Å². The van der Waals surface area contributed by atoms with Crippen LogP contribution in [-0.2, 0) is 11.2 Å². The lowest BCUT2D eigenvalue weighted by atomic mass is 9.99. The first kappa shape index (κ1) is 14.4. The Morgan fingerprint density at radius 1 is 1.48 bits per heavy atom. The van der Waals surface area contributed by atoms with Gasteiger partial charge in [-0.15, -0.1) is 0 Å². The average molecular weight is 299 g/mol. The van der Waals surface area contributed by atoms with Crippen LogP contribution in [0, 0.1) is 0 Å². The van der Waals surface area contributed by atoms with Crippen molar-refractivity contribution in [2.75, 3.05) is 0 Å². The summed E-state index contributed by atoms with van der Waals surface area (Å²) in [7, 11) is 0. The number of ether oxygens (including phenoxy) is 1. The van der Waals surface area contributed by atoms with Gasteiger partial charge in [0.05, 0.1) is 17.9 Å². The number of nitrogens with zero attached hydrogens (tertiary/aromatic N) is 1. The minimum atomic E-state index is -2.93. The molecule has 0 spiro atoms. The first-order valence-electron chi connectivity index (χ1n) is 7.16. The Kier molecular flexibility index (Phi) is 3.09. The number of hydrogen-bond acceptors (Lipinski definition) is 3. The third-order valence-corrected chi connectivity index (χ3v) is 4.39. The summed E-state index contributed by atoms with van der Waals surface area (Å²) in [6.07, 6.45) is 0.934. The van der Waals surface area contributed by atoms with E-state index < -0.39 is 17.4 Å². The summed E-state index contributed by atoms with van der Waals surface area (Å²) in [6, 6.07) is 0. The summed E-state index contributed by atoms with van der Waals surface area (Å²) in [5, 5.41) is 9.29. The van der Waals surface area contributed by atoms with E-state index in [0.29, 0.717) is 19.3 Å². The molecule has 1 fully saturated rings. The van der Waals surface area contributed by atoms with E-state index in [4.69, 9.17) is 4.74 Å². The molecule has 2 atom stereocenters. The molecule has 0 aromatic carbocycles. The van der Waals surface area contributed by atoms with Gasteiger partial charge >= 0.3 is 0 Å². The molecular weight excluding hydrogens is 280 g/mol. The fourth-order valence-corrected chi connectivity index (χ4v) is 2.94. The first-order chi connectivity index (χ1) is 9.73. The summed E-state index contributed by atoms with van der Waals surface area (Å²) < 4.78 is 32.8. The topological polar surface area (TPSA) is 67.0 Å². The second kappa shape index (κ2) is 4.50. The monoisotopic (exact) mass is 299 g/mol. The minimum absolute atomic E-state index is 0.0286. The Balaban J connectivity index is 1.84. The molecule has 0 bridgehead atoms. The molecule has 1 amide bonds. The van der Waals surface area contributed by atoms with Crippen LogP contribution in [0.5, 0.6) is 0 Å². The van der Waals surface area contributed by atoms with E-state index >= 15 is 0 Å². The van der Waals surface area contributed by atoms with Crippen LogP contribution in [0.3, 0.4) is 0 Å². The van der Waals surface area contributed by atoms with Crippen molar-refractivity contribution >= 4 is 5.91 Å². The number of amides is 1. The number of aromatic nitrogens is 2. The molecule has 116 valence electrons. The molecule has 1 aliphatic carbocycles.